The Bertz CT molecular complexity index is 540. The van der Waals surface area contributed by atoms with Crippen molar-refractivity contribution in [1.29, 1.82) is 0 Å². The van der Waals surface area contributed by atoms with Crippen LogP contribution in [0.15, 0.2) is 46.9 Å². The quantitative estimate of drug-likeness (QED) is 0.916. The summed E-state index contributed by atoms with van der Waals surface area (Å²) in [6, 6.07) is 13.6. The fourth-order valence-electron chi connectivity index (χ4n) is 1.74. The van der Waals surface area contributed by atoms with Crippen LogP contribution in [-0.2, 0) is 13.2 Å². The van der Waals surface area contributed by atoms with Gasteiger partial charge in [0.1, 0.15) is 18.1 Å². The molecule has 0 aliphatic heterocycles. The van der Waals surface area contributed by atoms with Gasteiger partial charge in [-0.3, -0.25) is 0 Å². The normalized spacial score (nSPS) is 10.3. The molecule has 2 N–H and O–H groups in total. The molecule has 19 heavy (non-hydrogen) atoms. The predicted molar refractivity (Wildman–Crippen MR) is 79.4 cm³/mol. The summed E-state index contributed by atoms with van der Waals surface area (Å²) < 4.78 is 12.1. The number of ether oxygens (including phenoxy) is 2. The summed E-state index contributed by atoms with van der Waals surface area (Å²) in [5.74, 6) is 1.64. The maximum absolute atomic E-state index is 5.75. The van der Waals surface area contributed by atoms with Crippen LogP contribution in [0, 0.1) is 0 Å². The molecule has 0 amide bonds. The Morgan fingerprint density at radius 3 is 2.47 bits per heavy atom. The molecule has 0 unspecified atom stereocenters. The third-order valence-corrected chi connectivity index (χ3v) is 3.29. The molecule has 0 aliphatic carbocycles. The van der Waals surface area contributed by atoms with Crippen LogP contribution < -0.4 is 15.2 Å². The van der Waals surface area contributed by atoms with Crippen molar-refractivity contribution in [3.05, 3.63) is 58.1 Å². The van der Waals surface area contributed by atoms with Gasteiger partial charge in [-0.1, -0.05) is 28.1 Å². The summed E-state index contributed by atoms with van der Waals surface area (Å²) in [5, 5.41) is 0. The average molecular weight is 322 g/mol. The highest BCUT2D eigenvalue weighted by atomic mass is 79.9. The van der Waals surface area contributed by atoms with E-state index in [-0.39, 0.29) is 0 Å². The van der Waals surface area contributed by atoms with Crippen molar-refractivity contribution >= 4 is 15.9 Å². The Morgan fingerprint density at radius 2 is 1.84 bits per heavy atom. The van der Waals surface area contributed by atoms with E-state index >= 15 is 0 Å². The molecule has 4 heteroatoms. The van der Waals surface area contributed by atoms with Gasteiger partial charge in [0, 0.05) is 16.6 Å². The van der Waals surface area contributed by atoms with E-state index < -0.39 is 0 Å². The SMILES string of the molecule is COc1ccc(Br)cc1COc1ccc(CN)cc1. The topological polar surface area (TPSA) is 44.5 Å². The van der Waals surface area contributed by atoms with Gasteiger partial charge in [0.15, 0.2) is 0 Å². The molecular formula is C15H16BrNO2. The highest BCUT2D eigenvalue weighted by molar-refractivity contribution is 9.10. The Hall–Kier alpha value is -1.52. The summed E-state index contributed by atoms with van der Waals surface area (Å²) in [6.07, 6.45) is 0. The number of hydrogen-bond acceptors (Lipinski definition) is 3. The van der Waals surface area contributed by atoms with Crippen molar-refractivity contribution in [3.63, 3.8) is 0 Å². The average Bonchev–Trinajstić information content (AvgIpc) is 2.46. The van der Waals surface area contributed by atoms with Gasteiger partial charge in [0.2, 0.25) is 0 Å². The third kappa shape index (κ3) is 3.72. The number of benzene rings is 2. The molecule has 2 aromatic carbocycles. The van der Waals surface area contributed by atoms with E-state index in [2.05, 4.69) is 15.9 Å². The van der Waals surface area contributed by atoms with Crippen molar-refractivity contribution in [1.82, 2.24) is 0 Å². The van der Waals surface area contributed by atoms with Crippen molar-refractivity contribution in [3.8, 4) is 11.5 Å². The molecule has 0 fully saturated rings. The van der Waals surface area contributed by atoms with Gasteiger partial charge in [-0.05, 0) is 35.9 Å². The summed E-state index contributed by atoms with van der Waals surface area (Å²) in [5.41, 5.74) is 7.65. The van der Waals surface area contributed by atoms with Gasteiger partial charge < -0.3 is 15.2 Å². The van der Waals surface area contributed by atoms with Crippen LogP contribution >= 0.6 is 15.9 Å². The van der Waals surface area contributed by atoms with Crippen LogP contribution in [0.25, 0.3) is 0 Å². The van der Waals surface area contributed by atoms with E-state index in [0.717, 1.165) is 27.1 Å². The van der Waals surface area contributed by atoms with E-state index in [9.17, 15) is 0 Å². The minimum atomic E-state index is 0.463. The molecule has 100 valence electrons. The molecule has 0 spiro atoms. The lowest BCUT2D eigenvalue weighted by molar-refractivity contribution is 0.296. The number of nitrogens with two attached hydrogens (primary N) is 1. The first-order chi connectivity index (χ1) is 9.22. The van der Waals surface area contributed by atoms with E-state index in [4.69, 9.17) is 15.2 Å². The molecule has 0 bridgehead atoms. The lowest BCUT2D eigenvalue weighted by Crippen LogP contribution is -2.00. The van der Waals surface area contributed by atoms with E-state index in [1.54, 1.807) is 7.11 Å². The lowest BCUT2D eigenvalue weighted by Gasteiger charge is -2.11. The highest BCUT2D eigenvalue weighted by Gasteiger charge is 2.04. The van der Waals surface area contributed by atoms with E-state index in [1.165, 1.54) is 0 Å². The largest absolute Gasteiger partial charge is 0.496 e. The Labute approximate surface area is 121 Å². The first-order valence-electron chi connectivity index (χ1n) is 5.97. The molecule has 0 saturated heterocycles. The number of halogens is 1. The van der Waals surface area contributed by atoms with Crippen LogP contribution in [0.4, 0.5) is 0 Å². The van der Waals surface area contributed by atoms with Gasteiger partial charge in [-0.25, -0.2) is 0 Å². The molecule has 0 heterocycles. The minimum absolute atomic E-state index is 0.463. The molecule has 2 aromatic rings. The molecule has 0 saturated carbocycles. The Balaban J connectivity index is 2.07. The Kier molecular flexibility index (Phi) is 4.82. The first-order valence-corrected chi connectivity index (χ1v) is 6.76. The molecule has 3 nitrogen and oxygen atoms in total. The summed E-state index contributed by atoms with van der Waals surface area (Å²) in [6.45, 7) is 1.00. The standard InChI is InChI=1S/C15H16BrNO2/c1-18-15-7-4-13(16)8-12(15)10-19-14-5-2-11(9-17)3-6-14/h2-8H,9-10,17H2,1H3. The second-order valence-corrected chi connectivity index (χ2v) is 5.01. The number of hydrogen-bond donors (Lipinski definition) is 1. The molecule has 0 aliphatic rings. The number of methoxy groups -OCH3 is 1. The van der Waals surface area contributed by atoms with Crippen molar-refractivity contribution in [2.24, 2.45) is 5.73 Å². The minimum Gasteiger partial charge on any atom is -0.496 e. The third-order valence-electron chi connectivity index (χ3n) is 2.80. The van der Waals surface area contributed by atoms with E-state index in [1.807, 2.05) is 42.5 Å². The van der Waals surface area contributed by atoms with Crippen LogP contribution in [0.1, 0.15) is 11.1 Å². The first kappa shape index (κ1) is 13.9. The summed E-state index contributed by atoms with van der Waals surface area (Å²) in [4.78, 5) is 0. The smallest absolute Gasteiger partial charge is 0.125 e. The maximum Gasteiger partial charge on any atom is 0.125 e. The highest BCUT2D eigenvalue weighted by Crippen LogP contribution is 2.24. The zero-order valence-electron chi connectivity index (χ0n) is 10.7. The Morgan fingerprint density at radius 1 is 1.11 bits per heavy atom. The zero-order valence-corrected chi connectivity index (χ0v) is 12.3. The van der Waals surface area contributed by atoms with E-state index in [0.29, 0.717) is 13.2 Å². The molecule has 0 aromatic heterocycles. The molecule has 2 rings (SSSR count). The summed E-state index contributed by atoms with van der Waals surface area (Å²) in [7, 11) is 1.66. The van der Waals surface area contributed by atoms with Gasteiger partial charge in [0.25, 0.3) is 0 Å². The predicted octanol–water partition coefficient (Wildman–Crippen LogP) is 3.50. The monoisotopic (exact) mass is 321 g/mol. The fourth-order valence-corrected chi connectivity index (χ4v) is 2.15. The van der Waals surface area contributed by atoms with Crippen molar-refractivity contribution in [2.45, 2.75) is 13.2 Å². The lowest BCUT2D eigenvalue weighted by atomic mass is 10.2. The second kappa shape index (κ2) is 6.59. The molecular weight excluding hydrogens is 306 g/mol. The molecule has 0 atom stereocenters. The van der Waals surface area contributed by atoms with Crippen molar-refractivity contribution in [2.75, 3.05) is 7.11 Å². The van der Waals surface area contributed by atoms with Crippen molar-refractivity contribution < 1.29 is 9.47 Å². The van der Waals surface area contributed by atoms with Gasteiger partial charge in [-0.15, -0.1) is 0 Å². The zero-order chi connectivity index (χ0) is 13.7. The van der Waals surface area contributed by atoms with Crippen LogP contribution in [0.5, 0.6) is 11.5 Å². The summed E-state index contributed by atoms with van der Waals surface area (Å²) >= 11 is 3.45. The van der Waals surface area contributed by atoms with Crippen LogP contribution in [0.2, 0.25) is 0 Å². The molecule has 0 radical (unpaired) electrons. The maximum atomic E-state index is 5.75. The van der Waals surface area contributed by atoms with Crippen LogP contribution in [0.3, 0.4) is 0 Å². The second-order valence-electron chi connectivity index (χ2n) is 4.09. The van der Waals surface area contributed by atoms with Crippen LogP contribution in [-0.4, -0.2) is 7.11 Å². The van der Waals surface area contributed by atoms with Gasteiger partial charge in [0.05, 0.1) is 7.11 Å². The van der Waals surface area contributed by atoms with Gasteiger partial charge >= 0.3 is 0 Å². The fraction of sp³-hybridized carbons (Fsp3) is 0.200. The number of rotatable bonds is 5. The van der Waals surface area contributed by atoms with Gasteiger partial charge in [-0.2, -0.15) is 0 Å².